The van der Waals surface area contributed by atoms with E-state index in [9.17, 15) is 0 Å². The monoisotopic (exact) mass is 436 g/mol. The van der Waals surface area contributed by atoms with Gasteiger partial charge in [-0.05, 0) is 69.7 Å². The number of hydrogen-bond acceptors (Lipinski definition) is 0. The molecular formula is C33H40. The Labute approximate surface area is 201 Å². The number of rotatable bonds is 9. The van der Waals surface area contributed by atoms with Crippen LogP contribution in [0.25, 0.3) is 22.9 Å². The molecule has 0 heterocycles. The zero-order chi connectivity index (χ0) is 22.9. The van der Waals surface area contributed by atoms with Gasteiger partial charge in [0.15, 0.2) is 0 Å². The highest BCUT2D eigenvalue weighted by Gasteiger charge is 2.42. The lowest BCUT2D eigenvalue weighted by molar-refractivity contribution is 0.356. The van der Waals surface area contributed by atoms with Crippen LogP contribution >= 0.6 is 0 Å². The zero-order valence-corrected chi connectivity index (χ0v) is 20.9. The first-order chi connectivity index (χ1) is 16.0. The van der Waals surface area contributed by atoms with E-state index in [1.807, 2.05) is 0 Å². The minimum Gasteiger partial charge on any atom is -0.0830 e. The topological polar surface area (TPSA) is 0 Å². The van der Waals surface area contributed by atoms with Gasteiger partial charge in [0.1, 0.15) is 0 Å². The minimum atomic E-state index is 0.0368. The van der Waals surface area contributed by atoms with Gasteiger partial charge in [-0.2, -0.15) is 0 Å². The first kappa shape index (κ1) is 22.5. The molecule has 0 amide bonds. The fourth-order valence-electron chi connectivity index (χ4n) is 6.27. The summed E-state index contributed by atoms with van der Waals surface area (Å²) < 4.78 is 0. The highest BCUT2D eigenvalue weighted by atomic mass is 14.4. The zero-order valence-electron chi connectivity index (χ0n) is 20.9. The van der Waals surface area contributed by atoms with E-state index in [0.29, 0.717) is 5.41 Å². The van der Waals surface area contributed by atoms with Crippen LogP contribution in [0.2, 0.25) is 0 Å². The fraction of sp³-hybridized carbons (Fsp3) is 0.455. The molecule has 33 heavy (non-hydrogen) atoms. The van der Waals surface area contributed by atoms with Crippen LogP contribution in [0.15, 0.2) is 65.8 Å². The number of hydrogen-bond donors (Lipinski definition) is 0. The van der Waals surface area contributed by atoms with Crippen LogP contribution in [0.1, 0.15) is 102 Å². The van der Waals surface area contributed by atoms with E-state index in [1.165, 1.54) is 79.7 Å². The molecule has 172 valence electrons. The third-order valence-electron chi connectivity index (χ3n) is 7.97. The van der Waals surface area contributed by atoms with Crippen molar-refractivity contribution >= 4 is 22.9 Å². The summed E-state index contributed by atoms with van der Waals surface area (Å²) in [4.78, 5) is 0. The van der Waals surface area contributed by atoms with E-state index in [4.69, 9.17) is 0 Å². The standard InChI is InChI=1S/C33H40/c1-32(2,3)21-11-8-6-4-5-7-9-14-27-24-28-19-18-25-15-13-16-26-20-23-33(31(28)30(25)26)22-12-10-17-29(27)33/h10,12-13,15-20,23-24H,4-9,11,14,21-22H2,1-3H3. The lowest BCUT2D eigenvalue weighted by Crippen LogP contribution is -2.33. The molecule has 0 radical (unpaired) electrons. The van der Waals surface area contributed by atoms with Crippen molar-refractivity contribution in [3.8, 4) is 0 Å². The summed E-state index contributed by atoms with van der Waals surface area (Å²) in [6, 6.07) is 11.4. The largest absolute Gasteiger partial charge is 0.0830 e. The molecule has 3 aliphatic rings. The SMILES string of the molecule is CC(C)(C)CCCCCCCCCC1=Cc2ccc3cccc4c3c2C2(C=C4)CC=CC=C12. The Morgan fingerprint density at radius 3 is 2.45 bits per heavy atom. The second-order valence-corrected chi connectivity index (χ2v) is 11.7. The van der Waals surface area contributed by atoms with E-state index >= 15 is 0 Å². The predicted molar refractivity (Wildman–Crippen MR) is 145 cm³/mol. The predicted octanol–water partition coefficient (Wildman–Crippen LogP) is 9.94. The summed E-state index contributed by atoms with van der Waals surface area (Å²) in [6.07, 6.45) is 27.8. The van der Waals surface area contributed by atoms with E-state index in [2.05, 4.69) is 87.6 Å². The third-order valence-corrected chi connectivity index (χ3v) is 7.97. The van der Waals surface area contributed by atoms with Gasteiger partial charge < -0.3 is 0 Å². The Balaban J connectivity index is 1.26. The van der Waals surface area contributed by atoms with Gasteiger partial charge in [0.25, 0.3) is 0 Å². The average Bonchev–Trinajstić information content (AvgIpc) is 2.80. The summed E-state index contributed by atoms with van der Waals surface area (Å²) in [5.41, 5.74) is 8.03. The second-order valence-electron chi connectivity index (χ2n) is 11.7. The molecule has 0 saturated heterocycles. The van der Waals surface area contributed by atoms with Gasteiger partial charge in [-0.3, -0.25) is 0 Å². The number of allylic oxidation sites excluding steroid dienone is 6. The maximum atomic E-state index is 2.51. The Bertz CT molecular complexity index is 1140. The normalized spacial score (nSPS) is 20.6. The minimum absolute atomic E-state index is 0.0368. The lowest BCUT2D eigenvalue weighted by atomic mass is 9.59. The quantitative estimate of drug-likeness (QED) is 0.343. The Morgan fingerprint density at radius 1 is 0.848 bits per heavy atom. The van der Waals surface area contributed by atoms with Crippen molar-refractivity contribution in [3.05, 3.63) is 82.5 Å². The van der Waals surface area contributed by atoms with Crippen molar-refractivity contribution in [2.45, 2.75) is 90.4 Å². The van der Waals surface area contributed by atoms with Crippen molar-refractivity contribution in [1.82, 2.24) is 0 Å². The maximum absolute atomic E-state index is 2.51. The molecule has 0 bridgehead atoms. The molecule has 1 spiro atoms. The average molecular weight is 437 g/mol. The molecule has 0 aromatic heterocycles. The van der Waals surface area contributed by atoms with Crippen LogP contribution < -0.4 is 0 Å². The Hall–Kier alpha value is -2.34. The summed E-state index contributed by atoms with van der Waals surface area (Å²) in [5, 5.41) is 2.85. The molecule has 0 fully saturated rings. The Morgan fingerprint density at radius 2 is 1.64 bits per heavy atom. The molecule has 0 saturated carbocycles. The van der Waals surface area contributed by atoms with E-state index in [1.54, 1.807) is 16.7 Å². The highest BCUT2D eigenvalue weighted by Crippen LogP contribution is 2.54. The van der Waals surface area contributed by atoms with Crippen LogP contribution in [0.4, 0.5) is 0 Å². The first-order valence-electron chi connectivity index (χ1n) is 13.3. The van der Waals surface area contributed by atoms with Crippen molar-refractivity contribution in [2.24, 2.45) is 5.41 Å². The van der Waals surface area contributed by atoms with E-state index < -0.39 is 0 Å². The molecule has 1 unspecified atom stereocenters. The number of unbranched alkanes of at least 4 members (excludes halogenated alkanes) is 6. The second kappa shape index (κ2) is 9.13. The molecule has 0 N–H and O–H groups in total. The van der Waals surface area contributed by atoms with Crippen molar-refractivity contribution < 1.29 is 0 Å². The van der Waals surface area contributed by atoms with Crippen molar-refractivity contribution in [2.75, 3.05) is 0 Å². The Kier molecular flexibility index (Phi) is 6.21. The van der Waals surface area contributed by atoms with Gasteiger partial charge in [0, 0.05) is 5.41 Å². The lowest BCUT2D eigenvalue weighted by Gasteiger charge is -2.43. The fourth-order valence-corrected chi connectivity index (χ4v) is 6.27. The van der Waals surface area contributed by atoms with Crippen LogP contribution in [0, 0.1) is 5.41 Å². The molecule has 1 atom stereocenters. The van der Waals surface area contributed by atoms with Crippen molar-refractivity contribution in [1.29, 1.82) is 0 Å². The summed E-state index contributed by atoms with van der Waals surface area (Å²) in [7, 11) is 0. The van der Waals surface area contributed by atoms with Crippen LogP contribution in [0.3, 0.4) is 0 Å². The molecule has 0 heteroatoms. The van der Waals surface area contributed by atoms with Gasteiger partial charge in [0.2, 0.25) is 0 Å². The van der Waals surface area contributed by atoms with Gasteiger partial charge in [-0.1, -0.05) is 126 Å². The first-order valence-corrected chi connectivity index (χ1v) is 13.3. The molecular weight excluding hydrogens is 396 g/mol. The smallest absolute Gasteiger partial charge is 0.0434 e. The molecule has 0 aliphatic heterocycles. The third kappa shape index (κ3) is 4.42. The van der Waals surface area contributed by atoms with Gasteiger partial charge in [-0.25, -0.2) is 0 Å². The van der Waals surface area contributed by atoms with Crippen molar-refractivity contribution in [3.63, 3.8) is 0 Å². The van der Waals surface area contributed by atoms with Gasteiger partial charge in [-0.15, -0.1) is 0 Å². The number of benzene rings is 2. The van der Waals surface area contributed by atoms with Gasteiger partial charge >= 0.3 is 0 Å². The van der Waals surface area contributed by atoms with Gasteiger partial charge in [0.05, 0.1) is 0 Å². The van der Waals surface area contributed by atoms with E-state index in [0.717, 1.165) is 6.42 Å². The summed E-state index contributed by atoms with van der Waals surface area (Å²) in [5.74, 6) is 0. The molecule has 3 aliphatic carbocycles. The highest BCUT2D eigenvalue weighted by molar-refractivity contribution is 6.01. The molecule has 5 rings (SSSR count). The van der Waals surface area contributed by atoms with Crippen LogP contribution in [0.5, 0.6) is 0 Å². The summed E-state index contributed by atoms with van der Waals surface area (Å²) >= 11 is 0. The van der Waals surface area contributed by atoms with Crippen LogP contribution in [-0.2, 0) is 5.41 Å². The molecule has 2 aromatic carbocycles. The summed E-state index contributed by atoms with van der Waals surface area (Å²) in [6.45, 7) is 7.08. The maximum Gasteiger partial charge on any atom is 0.0434 e. The molecule has 0 nitrogen and oxygen atoms in total. The molecule has 2 aromatic rings. The van der Waals surface area contributed by atoms with E-state index in [-0.39, 0.29) is 5.41 Å². The van der Waals surface area contributed by atoms with Crippen LogP contribution in [-0.4, -0.2) is 0 Å².